The molecule has 0 aliphatic heterocycles. The van der Waals surface area contributed by atoms with E-state index in [1.165, 1.54) is 6.20 Å². The second-order valence-electron chi connectivity index (χ2n) is 5.32. The molecule has 2 unspecified atom stereocenters. The molecule has 1 saturated carbocycles. The fourth-order valence-electron chi connectivity index (χ4n) is 2.58. The number of aromatic amines is 1. The van der Waals surface area contributed by atoms with Gasteiger partial charge in [-0.15, -0.1) is 0 Å². The van der Waals surface area contributed by atoms with Crippen molar-refractivity contribution < 1.29 is 17.9 Å². The molecule has 0 bridgehead atoms. The van der Waals surface area contributed by atoms with Crippen LogP contribution in [-0.4, -0.2) is 37.2 Å². The Hall–Kier alpha value is -1.41. The molecule has 1 aliphatic rings. The Balaban J connectivity index is 2.20. The van der Waals surface area contributed by atoms with E-state index in [1.54, 1.807) is 6.92 Å². The number of rotatable bonds is 5. The van der Waals surface area contributed by atoms with Gasteiger partial charge in [0, 0.05) is 6.04 Å². The van der Waals surface area contributed by atoms with E-state index in [4.69, 9.17) is 4.74 Å². The van der Waals surface area contributed by atoms with Gasteiger partial charge in [0.1, 0.15) is 5.56 Å². The lowest BCUT2D eigenvalue weighted by Gasteiger charge is -2.29. The summed E-state index contributed by atoms with van der Waals surface area (Å²) in [4.78, 5) is 11.8. The van der Waals surface area contributed by atoms with Gasteiger partial charge < -0.3 is 4.74 Å². The molecule has 7 nitrogen and oxygen atoms in total. The number of aromatic nitrogens is 2. The zero-order valence-corrected chi connectivity index (χ0v) is 13.1. The Labute approximate surface area is 124 Å². The van der Waals surface area contributed by atoms with Crippen LogP contribution in [0.5, 0.6) is 0 Å². The van der Waals surface area contributed by atoms with Crippen molar-refractivity contribution in [3.63, 3.8) is 0 Å². The fraction of sp³-hybridized carbons (Fsp3) is 0.692. The molecule has 1 aromatic heterocycles. The predicted octanol–water partition coefficient (Wildman–Crippen LogP) is 1.44. The lowest BCUT2D eigenvalue weighted by Crippen LogP contribution is -2.41. The molecule has 0 radical (unpaired) electrons. The van der Waals surface area contributed by atoms with Gasteiger partial charge in [0.25, 0.3) is 10.0 Å². The number of nitrogens with zero attached hydrogens (tertiary/aromatic N) is 1. The smallest absolute Gasteiger partial charge is 0.342 e. The number of ether oxygens (including phenoxy) is 1. The molecule has 0 aromatic carbocycles. The maximum absolute atomic E-state index is 12.4. The van der Waals surface area contributed by atoms with Crippen molar-refractivity contribution in [3.05, 3.63) is 11.8 Å². The van der Waals surface area contributed by atoms with Gasteiger partial charge in [0.2, 0.25) is 0 Å². The first-order chi connectivity index (χ1) is 9.95. The lowest BCUT2D eigenvalue weighted by atomic mass is 9.87. The highest BCUT2D eigenvalue weighted by atomic mass is 32.2. The molecule has 1 heterocycles. The Morgan fingerprint density at radius 3 is 2.86 bits per heavy atom. The SMILES string of the molecule is CCOC(=O)c1cn[nH]c1S(=O)(=O)NC1CCCCC1C. The van der Waals surface area contributed by atoms with E-state index >= 15 is 0 Å². The molecular weight excluding hydrogens is 294 g/mol. The molecule has 1 fully saturated rings. The molecule has 2 atom stereocenters. The quantitative estimate of drug-likeness (QED) is 0.801. The van der Waals surface area contributed by atoms with Gasteiger partial charge in [-0.1, -0.05) is 19.8 Å². The number of nitrogens with one attached hydrogen (secondary N) is 2. The number of carbonyl (C=O) groups is 1. The number of esters is 1. The van der Waals surface area contributed by atoms with E-state index in [-0.39, 0.29) is 29.2 Å². The van der Waals surface area contributed by atoms with Gasteiger partial charge in [-0.25, -0.2) is 17.9 Å². The van der Waals surface area contributed by atoms with Crippen molar-refractivity contribution in [1.29, 1.82) is 0 Å². The van der Waals surface area contributed by atoms with Crippen LogP contribution >= 0.6 is 0 Å². The van der Waals surface area contributed by atoms with E-state index < -0.39 is 16.0 Å². The molecular formula is C13H21N3O4S. The first-order valence-electron chi connectivity index (χ1n) is 7.18. The number of hydrogen-bond acceptors (Lipinski definition) is 5. The molecule has 2 rings (SSSR count). The monoisotopic (exact) mass is 315 g/mol. The van der Waals surface area contributed by atoms with Gasteiger partial charge in [-0.2, -0.15) is 5.10 Å². The lowest BCUT2D eigenvalue weighted by molar-refractivity contribution is 0.0522. The van der Waals surface area contributed by atoms with Crippen molar-refractivity contribution in [2.24, 2.45) is 5.92 Å². The molecule has 0 amide bonds. The van der Waals surface area contributed by atoms with Gasteiger partial charge in [0.15, 0.2) is 5.03 Å². The summed E-state index contributed by atoms with van der Waals surface area (Å²) in [6.45, 7) is 3.87. The summed E-state index contributed by atoms with van der Waals surface area (Å²) in [6, 6.07) is -0.109. The van der Waals surface area contributed by atoms with Gasteiger partial charge in [-0.05, 0) is 25.7 Å². The van der Waals surface area contributed by atoms with Crippen LogP contribution < -0.4 is 4.72 Å². The Kier molecular flexibility index (Phi) is 5.00. The van der Waals surface area contributed by atoms with Gasteiger partial charge in [-0.3, -0.25) is 5.10 Å². The van der Waals surface area contributed by atoms with E-state index in [2.05, 4.69) is 14.9 Å². The standard InChI is InChI=1S/C13H21N3O4S/c1-3-20-13(17)10-8-14-15-12(10)21(18,19)16-11-7-5-4-6-9(11)2/h8-9,11,16H,3-7H2,1-2H3,(H,14,15). The highest BCUT2D eigenvalue weighted by molar-refractivity contribution is 7.89. The number of hydrogen-bond donors (Lipinski definition) is 2. The second kappa shape index (κ2) is 6.57. The van der Waals surface area contributed by atoms with Crippen LogP contribution in [0.15, 0.2) is 11.2 Å². The van der Waals surface area contributed by atoms with E-state index in [0.29, 0.717) is 0 Å². The Morgan fingerprint density at radius 2 is 2.19 bits per heavy atom. The topological polar surface area (TPSA) is 101 Å². The van der Waals surface area contributed by atoms with Crippen LogP contribution in [0.3, 0.4) is 0 Å². The largest absolute Gasteiger partial charge is 0.462 e. The summed E-state index contributed by atoms with van der Waals surface area (Å²) in [7, 11) is -3.81. The van der Waals surface area contributed by atoms with Gasteiger partial charge in [0.05, 0.1) is 12.8 Å². The minimum atomic E-state index is -3.81. The van der Waals surface area contributed by atoms with E-state index in [0.717, 1.165) is 25.7 Å². The maximum Gasteiger partial charge on any atom is 0.342 e. The van der Waals surface area contributed by atoms with Crippen LogP contribution in [-0.2, 0) is 14.8 Å². The molecule has 1 aromatic rings. The third-order valence-electron chi connectivity index (χ3n) is 3.79. The van der Waals surface area contributed by atoms with Gasteiger partial charge >= 0.3 is 5.97 Å². The number of H-pyrrole nitrogens is 1. The van der Waals surface area contributed by atoms with E-state index in [9.17, 15) is 13.2 Å². The Bertz CT molecular complexity index is 596. The number of carbonyl (C=O) groups excluding carboxylic acids is 1. The summed E-state index contributed by atoms with van der Waals surface area (Å²) < 4.78 is 32.4. The molecule has 0 spiro atoms. The fourth-order valence-corrected chi connectivity index (χ4v) is 4.05. The Morgan fingerprint density at radius 1 is 1.48 bits per heavy atom. The summed E-state index contributed by atoms with van der Waals surface area (Å²) in [5, 5.41) is 5.82. The highest BCUT2D eigenvalue weighted by Crippen LogP contribution is 2.25. The van der Waals surface area contributed by atoms with Crippen molar-refractivity contribution in [2.75, 3.05) is 6.61 Å². The minimum absolute atomic E-state index is 0.0622. The average Bonchev–Trinajstić information content (AvgIpc) is 2.92. The van der Waals surface area contributed by atoms with Crippen molar-refractivity contribution in [1.82, 2.24) is 14.9 Å². The molecule has 0 saturated heterocycles. The highest BCUT2D eigenvalue weighted by Gasteiger charge is 2.31. The molecule has 2 N–H and O–H groups in total. The molecule has 8 heteroatoms. The van der Waals surface area contributed by atoms with Crippen molar-refractivity contribution >= 4 is 16.0 Å². The summed E-state index contributed by atoms with van der Waals surface area (Å²) in [6.07, 6.45) is 5.11. The molecule has 118 valence electrons. The summed E-state index contributed by atoms with van der Waals surface area (Å²) >= 11 is 0. The summed E-state index contributed by atoms with van der Waals surface area (Å²) in [5.41, 5.74) is -0.0622. The zero-order chi connectivity index (χ0) is 15.5. The maximum atomic E-state index is 12.4. The summed E-state index contributed by atoms with van der Waals surface area (Å²) in [5.74, 6) is -0.411. The van der Waals surface area contributed by atoms with Crippen molar-refractivity contribution in [3.8, 4) is 0 Å². The van der Waals surface area contributed by atoms with Crippen LogP contribution in [0.4, 0.5) is 0 Å². The molecule has 21 heavy (non-hydrogen) atoms. The van der Waals surface area contributed by atoms with E-state index in [1.807, 2.05) is 6.92 Å². The first kappa shape index (κ1) is 16.0. The normalized spacial score (nSPS) is 23.0. The zero-order valence-electron chi connectivity index (χ0n) is 12.3. The molecule has 1 aliphatic carbocycles. The minimum Gasteiger partial charge on any atom is -0.462 e. The second-order valence-corrected chi connectivity index (χ2v) is 6.97. The average molecular weight is 315 g/mol. The van der Waals surface area contributed by atoms with Crippen LogP contribution in [0.25, 0.3) is 0 Å². The first-order valence-corrected chi connectivity index (χ1v) is 8.67. The van der Waals surface area contributed by atoms with Crippen LogP contribution in [0, 0.1) is 5.92 Å². The van der Waals surface area contributed by atoms with Crippen LogP contribution in [0.2, 0.25) is 0 Å². The third-order valence-corrected chi connectivity index (χ3v) is 5.25. The predicted molar refractivity (Wildman–Crippen MR) is 76.3 cm³/mol. The third kappa shape index (κ3) is 3.62. The van der Waals surface area contributed by atoms with Crippen molar-refractivity contribution in [2.45, 2.75) is 50.6 Å². The van der Waals surface area contributed by atoms with Crippen LogP contribution in [0.1, 0.15) is 49.9 Å². The number of sulfonamides is 1.